The first-order valence-corrected chi connectivity index (χ1v) is 6.90. The molecule has 0 bridgehead atoms. The maximum atomic E-state index is 11.1. The summed E-state index contributed by atoms with van der Waals surface area (Å²) < 4.78 is 0. The van der Waals surface area contributed by atoms with Gasteiger partial charge < -0.3 is 0 Å². The molecule has 110 valence electrons. The lowest BCUT2D eigenvalue weighted by molar-refractivity contribution is -0.423. The molecule has 0 aliphatic heterocycles. The van der Waals surface area contributed by atoms with E-state index in [1.807, 2.05) is 6.92 Å². The number of hydrogen-bond acceptors (Lipinski definition) is 4. The Morgan fingerprint density at radius 2 is 1.80 bits per heavy atom. The zero-order chi connectivity index (χ0) is 15.1. The third-order valence-corrected chi connectivity index (χ3v) is 3.45. The van der Waals surface area contributed by atoms with E-state index in [2.05, 4.69) is 6.92 Å². The van der Waals surface area contributed by atoms with E-state index in [-0.39, 0.29) is 11.6 Å². The number of nitrogens with zero attached hydrogens (tertiary/aromatic N) is 2. The van der Waals surface area contributed by atoms with Crippen LogP contribution in [0.25, 0.3) is 0 Å². The van der Waals surface area contributed by atoms with Crippen molar-refractivity contribution in [3.8, 4) is 0 Å². The van der Waals surface area contributed by atoms with Crippen LogP contribution in [0.3, 0.4) is 0 Å². The molecule has 20 heavy (non-hydrogen) atoms. The van der Waals surface area contributed by atoms with Crippen molar-refractivity contribution < 1.29 is 9.85 Å². The molecule has 0 fully saturated rings. The Hall–Kier alpha value is -1.98. The van der Waals surface area contributed by atoms with Gasteiger partial charge in [0.1, 0.15) is 0 Å². The average molecular weight is 280 g/mol. The van der Waals surface area contributed by atoms with Gasteiger partial charge in [-0.3, -0.25) is 20.2 Å². The Bertz CT molecular complexity index is 488. The highest BCUT2D eigenvalue weighted by Gasteiger charge is 2.29. The van der Waals surface area contributed by atoms with Crippen LogP contribution < -0.4 is 0 Å². The van der Waals surface area contributed by atoms with Gasteiger partial charge in [-0.1, -0.05) is 51.7 Å². The van der Waals surface area contributed by atoms with Crippen LogP contribution in [0.15, 0.2) is 18.2 Å². The molecule has 0 amide bonds. The fraction of sp³-hybridized carbons (Fsp3) is 0.571. The molecule has 6 heteroatoms. The quantitative estimate of drug-likeness (QED) is 0.396. The molecule has 0 heterocycles. The van der Waals surface area contributed by atoms with Crippen molar-refractivity contribution in [1.82, 2.24) is 0 Å². The molecule has 0 radical (unpaired) electrons. The molecule has 1 unspecified atom stereocenters. The molecule has 0 saturated carbocycles. The third-order valence-electron chi connectivity index (χ3n) is 3.45. The van der Waals surface area contributed by atoms with Crippen molar-refractivity contribution in [3.05, 3.63) is 44.0 Å². The molecule has 0 aromatic heterocycles. The largest absolute Gasteiger partial charge is 0.349 e. The molecule has 1 atom stereocenters. The first-order chi connectivity index (χ1) is 9.49. The van der Waals surface area contributed by atoms with Gasteiger partial charge in [-0.25, -0.2) is 0 Å². The second-order valence-corrected chi connectivity index (χ2v) is 4.98. The standard InChI is InChI=1S/C14H20N2O4/c1-3-4-5-6-8-11(2)12-9-7-10-13(15(17)18)14(12)16(19)20/h7,9-11H,3-6,8H2,1-2H3. The topological polar surface area (TPSA) is 86.3 Å². The molecular weight excluding hydrogens is 260 g/mol. The first kappa shape index (κ1) is 16.1. The van der Waals surface area contributed by atoms with Crippen LogP contribution in [0.1, 0.15) is 57.4 Å². The highest BCUT2D eigenvalue weighted by atomic mass is 16.6. The van der Waals surface area contributed by atoms with Crippen molar-refractivity contribution in [2.24, 2.45) is 0 Å². The third kappa shape index (κ3) is 4.01. The number of unbranched alkanes of at least 4 members (excludes halogenated alkanes) is 3. The van der Waals surface area contributed by atoms with Gasteiger partial charge in [-0.05, 0) is 12.3 Å². The Morgan fingerprint density at radius 1 is 1.10 bits per heavy atom. The lowest BCUT2D eigenvalue weighted by Crippen LogP contribution is -2.04. The van der Waals surface area contributed by atoms with Crippen LogP contribution in [0.4, 0.5) is 11.4 Å². The predicted octanol–water partition coefficient (Wildman–Crippen LogP) is 4.58. The molecule has 0 saturated heterocycles. The van der Waals surface area contributed by atoms with Gasteiger partial charge in [0.2, 0.25) is 0 Å². The highest BCUT2D eigenvalue weighted by Crippen LogP contribution is 2.36. The lowest BCUT2D eigenvalue weighted by Gasteiger charge is -2.11. The van der Waals surface area contributed by atoms with Crippen LogP contribution in [0.2, 0.25) is 0 Å². The smallest absolute Gasteiger partial charge is 0.258 e. The van der Waals surface area contributed by atoms with Gasteiger partial charge in [0.25, 0.3) is 0 Å². The normalized spacial score (nSPS) is 12.1. The summed E-state index contributed by atoms with van der Waals surface area (Å²) in [6.45, 7) is 4.01. The van der Waals surface area contributed by atoms with E-state index >= 15 is 0 Å². The van der Waals surface area contributed by atoms with Gasteiger partial charge in [-0.15, -0.1) is 0 Å². The summed E-state index contributed by atoms with van der Waals surface area (Å²) >= 11 is 0. The first-order valence-electron chi connectivity index (χ1n) is 6.90. The maximum Gasteiger partial charge on any atom is 0.349 e. The Labute approximate surface area is 118 Å². The molecule has 0 spiro atoms. The van der Waals surface area contributed by atoms with Crippen molar-refractivity contribution in [2.75, 3.05) is 0 Å². The van der Waals surface area contributed by atoms with E-state index in [0.717, 1.165) is 32.1 Å². The lowest BCUT2D eigenvalue weighted by atomic mass is 9.93. The van der Waals surface area contributed by atoms with Gasteiger partial charge in [0.15, 0.2) is 0 Å². The number of rotatable bonds is 8. The number of benzene rings is 1. The number of nitro benzene ring substituents is 2. The summed E-state index contributed by atoms with van der Waals surface area (Å²) in [6.07, 6.45) is 5.15. The van der Waals surface area contributed by atoms with Gasteiger partial charge in [0.05, 0.1) is 9.85 Å². The number of para-hydroxylation sites is 1. The van der Waals surface area contributed by atoms with Crippen LogP contribution in [0.5, 0.6) is 0 Å². The Morgan fingerprint density at radius 3 is 2.35 bits per heavy atom. The highest BCUT2D eigenvalue weighted by molar-refractivity contribution is 5.58. The van der Waals surface area contributed by atoms with E-state index in [4.69, 9.17) is 0 Å². The maximum absolute atomic E-state index is 11.1. The van der Waals surface area contributed by atoms with E-state index < -0.39 is 15.5 Å². The zero-order valence-electron chi connectivity index (χ0n) is 11.9. The molecule has 1 aromatic rings. The van der Waals surface area contributed by atoms with Crippen molar-refractivity contribution in [1.29, 1.82) is 0 Å². The molecule has 1 aromatic carbocycles. The summed E-state index contributed by atoms with van der Waals surface area (Å²) in [5.41, 5.74) is -0.325. The van der Waals surface area contributed by atoms with Crippen molar-refractivity contribution >= 4 is 11.4 Å². The molecule has 0 aliphatic rings. The van der Waals surface area contributed by atoms with Crippen molar-refractivity contribution in [2.45, 2.75) is 51.9 Å². The van der Waals surface area contributed by atoms with Gasteiger partial charge in [-0.2, -0.15) is 0 Å². The molecular formula is C14H20N2O4. The van der Waals surface area contributed by atoms with Gasteiger partial charge in [0, 0.05) is 11.6 Å². The minimum Gasteiger partial charge on any atom is -0.258 e. The number of nitro groups is 2. The fourth-order valence-electron chi connectivity index (χ4n) is 2.33. The monoisotopic (exact) mass is 280 g/mol. The molecule has 1 rings (SSSR count). The van der Waals surface area contributed by atoms with E-state index in [1.165, 1.54) is 12.1 Å². The van der Waals surface area contributed by atoms with Crippen LogP contribution in [-0.2, 0) is 0 Å². The number of hydrogen-bond donors (Lipinski definition) is 0. The SMILES string of the molecule is CCCCCCC(C)c1cccc([N+](=O)[O-])c1[N+](=O)[O-]. The van der Waals surface area contributed by atoms with Crippen LogP contribution in [0, 0.1) is 20.2 Å². The van der Waals surface area contributed by atoms with E-state index in [0.29, 0.717) is 5.56 Å². The summed E-state index contributed by atoms with van der Waals surface area (Å²) in [6, 6.07) is 4.32. The van der Waals surface area contributed by atoms with Crippen molar-refractivity contribution in [3.63, 3.8) is 0 Å². The summed E-state index contributed by atoms with van der Waals surface area (Å²) in [5, 5.41) is 22.0. The van der Waals surface area contributed by atoms with E-state index in [1.54, 1.807) is 6.07 Å². The summed E-state index contributed by atoms with van der Waals surface area (Å²) in [4.78, 5) is 20.7. The minimum absolute atomic E-state index is 0.0489. The fourth-order valence-corrected chi connectivity index (χ4v) is 2.33. The summed E-state index contributed by atoms with van der Waals surface area (Å²) in [7, 11) is 0. The second kappa shape index (κ2) is 7.57. The van der Waals surface area contributed by atoms with E-state index in [9.17, 15) is 20.2 Å². The Balaban J connectivity index is 2.96. The molecule has 0 N–H and O–H groups in total. The molecule has 6 nitrogen and oxygen atoms in total. The average Bonchev–Trinajstić information content (AvgIpc) is 2.42. The van der Waals surface area contributed by atoms with Crippen LogP contribution in [-0.4, -0.2) is 9.85 Å². The predicted molar refractivity (Wildman–Crippen MR) is 76.9 cm³/mol. The second-order valence-electron chi connectivity index (χ2n) is 4.98. The molecule has 0 aliphatic carbocycles. The van der Waals surface area contributed by atoms with Crippen LogP contribution >= 0.6 is 0 Å². The zero-order valence-corrected chi connectivity index (χ0v) is 11.9. The minimum atomic E-state index is -0.689. The Kier molecular flexibility index (Phi) is 6.09. The van der Waals surface area contributed by atoms with Gasteiger partial charge >= 0.3 is 11.4 Å². The summed E-state index contributed by atoms with van der Waals surface area (Å²) in [5.74, 6) is -0.0489.